The van der Waals surface area contributed by atoms with Gasteiger partial charge in [0.05, 0.1) is 0 Å². The molecule has 0 rings (SSSR count). The smallest absolute Gasteiger partial charge is 0.410 e. The van der Waals surface area contributed by atoms with Gasteiger partial charge in [0.15, 0.2) is 0 Å². The van der Waals surface area contributed by atoms with Crippen molar-refractivity contribution in [2.75, 3.05) is 19.0 Å². The van der Waals surface area contributed by atoms with Gasteiger partial charge in [0.2, 0.25) is 0 Å². The third-order valence-corrected chi connectivity index (χ3v) is 2.26. The van der Waals surface area contributed by atoms with Crippen LogP contribution in [0.1, 0.15) is 47.0 Å². The highest BCUT2D eigenvalue weighted by molar-refractivity contribution is 6.17. The summed E-state index contributed by atoms with van der Waals surface area (Å²) in [6, 6.07) is 0. The summed E-state index contributed by atoms with van der Waals surface area (Å²) in [6.07, 6.45) is 2.65. The number of amides is 1. The predicted molar refractivity (Wildman–Crippen MR) is 68.1 cm³/mol. The number of carbonyl (C=O) groups is 1. The molecule has 1 amide bonds. The zero-order valence-corrected chi connectivity index (χ0v) is 11.6. The fourth-order valence-electron chi connectivity index (χ4n) is 1.22. The second-order valence-electron chi connectivity index (χ2n) is 4.86. The lowest BCUT2D eigenvalue weighted by Crippen LogP contribution is -2.38. The van der Waals surface area contributed by atoms with Gasteiger partial charge in [0, 0.05) is 19.0 Å². The molecule has 0 N–H and O–H groups in total. The van der Waals surface area contributed by atoms with Crippen LogP contribution in [0, 0.1) is 0 Å². The van der Waals surface area contributed by atoms with Crippen molar-refractivity contribution < 1.29 is 9.53 Å². The third-order valence-electron chi connectivity index (χ3n) is 1.99. The fourth-order valence-corrected chi connectivity index (χ4v) is 1.34. The SMILES string of the molecule is CCCCN(CCCCl)C(=O)OC(C)(C)C. The van der Waals surface area contributed by atoms with Gasteiger partial charge in [-0.15, -0.1) is 11.6 Å². The number of carbonyl (C=O) groups excluding carboxylic acids is 1. The van der Waals surface area contributed by atoms with Gasteiger partial charge >= 0.3 is 6.09 Å². The van der Waals surface area contributed by atoms with Crippen molar-refractivity contribution in [1.29, 1.82) is 0 Å². The largest absolute Gasteiger partial charge is 0.444 e. The molecule has 3 nitrogen and oxygen atoms in total. The maximum atomic E-state index is 11.8. The molecule has 0 bridgehead atoms. The van der Waals surface area contributed by atoms with Gasteiger partial charge in [-0.2, -0.15) is 0 Å². The zero-order valence-electron chi connectivity index (χ0n) is 10.9. The van der Waals surface area contributed by atoms with Crippen LogP contribution in [0.3, 0.4) is 0 Å². The Labute approximate surface area is 104 Å². The van der Waals surface area contributed by atoms with Crippen molar-refractivity contribution in [1.82, 2.24) is 4.90 Å². The van der Waals surface area contributed by atoms with Crippen LogP contribution in [0.15, 0.2) is 0 Å². The van der Waals surface area contributed by atoms with Gasteiger partial charge in [0.25, 0.3) is 0 Å². The topological polar surface area (TPSA) is 29.5 Å². The number of rotatable bonds is 6. The van der Waals surface area contributed by atoms with Crippen LogP contribution in [0.2, 0.25) is 0 Å². The standard InChI is InChI=1S/C12H24ClNO2/c1-5-6-9-14(10-7-8-13)11(15)16-12(2,3)4/h5-10H2,1-4H3. The van der Waals surface area contributed by atoms with Crippen molar-refractivity contribution in [2.24, 2.45) is 0 Å². The Bertz CT molecular complexity index is 194. The van der Waals surface area contributed by atoms with Crippen LogP contribution in [0.25, 0.3) is 0 Å². The molecule has 0 fully saturated rings. The first-order valence-electron chi connectivity index (χ1n) is 5.94. The van der Waals surface area contributed by atoms with Gasteiger partial charge < -0.3 is 9.64 Å². The van der Waals surface area contributed by atoms with E-state index in [1.165, 1.54) is 0 Å². The predicted octanol–water partition coefficient (Wildman–Crippen LogP) is 3.65. The number of alkyl halides is 1. The molecule has 0 heterocycles. The van der Waals surface area contributed by atoms with Crippen molar-refractivity contribution in [3.05, 3.63) is 0 Å². The molecule has 0 aliphatic carbocycles. The number of hydrogen-bond donors (Lipinski definition) is 0. The van der Waals surface area contributed by atoms with E-state index in [1.54, 1.807) is 4.90 Å². The average molecular weight is 250 g/mol. The normalized spacial score (nSPS) is 11.3. The minimum absolute atomic E-state index is 0.230. The van der Waals surface area contributed by atoms with E-state index in [-0.39, 0.29) is 6.09 Å². The van der Waals surface area contributed by atoms with Crippen LogP contribution in [-0.4, -0.2) is 35.6 Å². The van der Waals surface area contributed by atoms with Crippen LogP contribution in [0.4, 0.5) is 4.79 Å². The Morgan fingerprint density at radius 2 is 1.81 bits per heavy atom. The number of ether oxygens (including phenoxy) is 1. The molecule has 96 valence electrons. The zero-order chi connectivity index (χ0) is 12.6. The molecule has 4 heteroatoms. The second kappa shape index (κ2) is 7.77. The van der Waals surface area contributed by atoms with Crippen LogP contribution < -0.4 is 0 Å². The van der Waals surface area contributed by atoms with E-state index in [1.807, 2.05) is 20.8 Å². The Kier molecular flexibility index (Phi) is 7.56. The molecule has 0 aromatic heterocycles. The van der Waals surface area contributed by atoms with E-state index in [9.17, 15) is 4.79 Å². The van der Waals surface area contributed by atoms with Crippen molar-refractivity contribution >= 4 is 17.7 Å². The van der Waals surface area contributed by atoms with Gasteiger partial charge in [-0.3, -0.25) is 0 Å². The minimum atomic E-state index is -0.428. The molecule has 0 aliphatic heterocycles. The summed E-state index contributed by atoms with van der Waals surface area (Å²) in [5.74, 6) is 0.575. The number of unbranched alkanes of at least 4 members (excludes halogenated alkanes) is 1. The lowest BCUT2D eigenvalue weighted by molar-refractivity contribution is 0.0248. The Morgan fingerprint density at radius 3 is 2.25 bits per heavy atom. The molecule has 16 heavy (non-hydrogen) atoms. The summed E-state index contributed by atoms with van der Waals surface area (Å²) >= 11 is 5.64. The van der Waals surface area contributed by atoms with Crippen LogP contribution >= 0.6 is 11.6 Å². The van der Waals surface area contributed by atoms with E-state index in [0.717, 1.165) is 25.8 Å². The highest BCUT2D eigenvalue weighted by Gasteiger charge is 2.21. The second-order valence-corrected chi connectivity index (χ2v) is 5.24. The molecule has 0 aliphatic rings. The number of halogens is 1. The Morgan fingerprint density at radius 1 is 1.25 bits per heavy atom. The average Bonchev–Trinajstić information content (AvgIpc) is 2.15. The highest BCUT2D eigenvalue weighted by atomic mass is 35.5. The summed E-state index contributed by atoms with van der Waals surface area (Å²) < 4.78 is 5.34. The van der Waals surface area contributed by atoms with Crippen LogP contribution in [0.5, 0.6) is 0 Å². The summed E-state index contributed by atoms with van der Waals surface area (Å²) in [7, 11) is 0. The van der Waals surface area contributed by atoms with Gasteiger partial charge in [-0.1, -0.05) is 13.3 Å². The Hall–Kier alpha value is -0.440. The first-order valence-corrected chi connectivity index (χ1v) is 6.48. The molecule has 0 unspecified atom stereocenters. The van der Waals surface area contributed by atoms with E-state index >= 15 is 0 Å². The molecule has 0 radical (unpaired) electrons. The maximum Gasteiger partial charge on any atom is 0.410 e. The summed E-state index contributed by atoms with van der Waals surface area (Å²) in [5, 5.41) is 0. The van der Waals surface area contributed by atoms with Gasteiger partial charge in [-0.05, 0) is 33.6 Å². The quantitative estimate of drug-likeness (QED) is 0.673. The molecule has 0 atom stereocenters. The number of nitrogens with zero attached hydrogens (tertiary/aromatic N) is 1. The first-order chi connectivity index (χ1) is 7.40. The Balaban J connectivity index is 4.19. The molecular formula is C12H24ClNO2. The molecule has 0 spiro atoms. The van der Waals surface area contributed by atoms with E-state index in [4.69, 9.17) is 16.3 Å². The fraction of sp³-hybridized carbons (Fsp3) is 0.917. The molecular weight excluding hydrogens is 226 g/mol. The first kappa shape index (κ1) is 15.6. The summed E-state index contributed by atoms with van der Waals surface area (Å²) in [5.41, 5.74) is -0.428. The van der Waals surface area contributed by atoms with Crippen molar-refractivity contribution in [3.63, 3.8) is 0 Å². The monoisotopic (exact) mass is 249 g/mol. The van der Waals surface area contributed by atoms with E-state index < -0.39 is 5.60 Å². The number of hydrogen-bond acceptors (Lipinski definition) is 2. The lowest BCUT2D eigenvalue weighted by Gasteiger charge is -2.27. The van der Waals surface area contributed by atoms with E-state index in [0.29, 0.717) is 12.4 Å². The summed E-state index contributed by atoms with van der Waals surface area (Å²) in [6.45, 7) is 9.18. The lowest BCUT2D eigenvalue weighted by atomic mass is 10.2. The third kappa shape index (κ3) is 7.80. The van der Waals surface area contributed by atoms with Gasteiger partial charge in [0.1, 0.15) is 5.60 Å². The highest BCUT2D eigenvalue weighted by Crippen LogP contribution is 2.11. The van der Waals surface area contributed by atoms with E-state index in [2.05, 4.69) is 6.92 Å². The van der Waals surface area contributed by atoms with Crippen LogP contribution in [-0.2, 0) is 4.74 Å². The van der Waals surface area contributed by atoms with Gasteiger partial charge in [-0.25, -0.2) is 4.79 Å². The molecule has 0 aromatic carbocycles. The molecule has 0 saturated heterocycles. The van der Waals surface area contributed by atoms with Crippen molar-refractivity contribution in [2.45, 2.75) is 52.6 Å². The van der Waals surface area contributed by atoms with Crippen molar-refractivity contribution in [3.8, 4) is 0 Å². The molecule has 0 aromatic rings. The maximum absolute atomic E-state index is 11.8. The summed E-state index contributed by atoms with van der Waals surface area (Å²) in [4.78, 5) is 13.6. The minimum Gasteiger partial charge on any atom is -0.444 e. The molecule has 0 saturated carbocycles.